The van der Waals surface area contributed by atoms with E-state index >= 15 is 0 Å². The topological polar surface area (TPSA) is 68.2 Å². The molecule has 0 unspecified atom stereocenters. The fraction of sp³-hybridized carbons (Fsp3) is 0.714. The van der Waals surface area contributed by atoms with Gasteiger partial charge in [-0.25, -0.2) is 4.79 Å². The van der Waals surface area contributed by atoms with Crippen LogP contribution in [0.25, 0.3) is 0 Å². The highest BCUT2D eigenvalue weighted by Gasteiger charge is 2.15. The van der Waals surface area contributed by atoms with Crippen LogP contribution in [0.4, 0.5) is 4.79 Å². The van der Waals surface area contributed by atoms with E-state index in [9.17, 15) is 4.79 Å². The molecule has 1 rings (SSSR count). The van der Waals surface area contributed by atoms with Gasteiger partial charge in [0.05, 0.1) is 0 Å². The molecule has 6 heteroatoms. The van der Waals surface area contributed by atoms with Crippen LogP contribution < -0.4 is 10.6 Å². The molecule has 0 saturated carbocycles. The lowest BCUT2D eigenvalue weighted by atomic mass is 10.2. The van der Waals surface area contributed by atoms with Crippen molar-refractivity contribution < 1.29 is 9.53 Å². The molecule has 1 aromatic rings. The average molecular weight is 282 g/mol. The Balaban J connectivity index is 1.98. The van der Waals surface area contributed by atoms with Gasteiger partial charge in [0.25, 0.3) is 0 Å². The van der Waals surface area contributed by atoms with Crippen LogP contribution in [0.5, 0.6) is 0 Å². The molecule has 0 atom stereocenters. The number of carbonyl (C=O) groups excluding carboxylic acids is 1. The molecular weight excluding hydrogens is 256 g/mol. The molecule has 0 aromatic carbocycles. The normalized spacial score (nSPS) is 11.4. The predicted molar refractivity (Wildman–Crippen MR) is 78.6 cm³/mol. The number of hydrogen-bond donors (Lipinski definition) is 2. The maximum absolute atomic E-state index is 11.4. The minimum absolute atomic E-state index is 0.354. The third-order valence-electron chi connectivity index (χ3n) is 2.68. The van der Waals surface area contributed by atoms with Crippen LogP contribution >= 0.6 is 0 Å². The summed E-state index contributed by atoms with van der Waals surface area (Å²) in [6.07, 6.45) is 3.29. The lowest BCUT2D eigenvalue weighted by molar-refractivity contribution is 0.0527. The molecule has 6 nitrogen and oxygen atoms in total. The molecule has 0 bridgehead atoms. The number of amides is 1. The van der Waals surface area contributed by atoms with Crippen LogP contribution in [0, 0.1) is 0 Å². The van der Waals surface area contributed by atoms with Crippen LogP contribution in [-0.2, 0) is 18.2 Å². The van der Waals surface area contributed by atoms with Crippen molar-refractivity contribution in [2.24, 2.45) is 7.05 Å². The highest BCUT2D eigenvalue weighted by Crippen LogP contribution is 2.06. The van der Waals surface area contributed by atoms with Gasteiger partial charge in [0.15, 0.2) is 0 Å². The van der Waals surface area contributed by atoms with Crippen molar-refractivity contribution in [3.05, 3.63) is 18.0 Å². The summed E-state index contributed by atoms with van der Waals surface area (Å²) in [5.41, 5.74) is 0.773. The zero-order chi connectivity index (χ0) is 15.0. The van der Waals surface area contributed by atoms with Crippen molar-refractivity contribution >= 4 is 6.09 Å². The Morgan fingerprint density at radius 1 is 1.35 bits per heavy atom. The van der Waals surface area contributed by atoms with E-state index in [-0.39, 0.29) is 6.09 Å². The predicted octanol–water partition coefficient (Wildman–Crippen LogP) is 1.47. The Morgan fingerprint density at radius 2 is 2.10 bits per heavy atom. The van der Waals surface area contributed by atoms with E-state index in [1.54, 1.807) is 6.20 Å². The number of nitrogens with zero attached hydrogens (tertiary/aromatic N) is 2. The highest BCUT2D eigenvalue weighted by atomic mass is 16.6. The van der Waals surface area contributed by atoms with E-state index < -0.39 is 5.60 Å². The fourth-order valence-electron chi connectivity index (χ4n) is 1.71. The maximum Gasteiger partial charge on any atom is 0.407 e. The molecule has 0 radical (unpaired) electrons. The minimum atomic E-state index is -0.439. The van der Waals surface area contributed by atoms with Gasteiger partial charge in [-0.3, -0.25) is 4.68 Å². The molecule has 0 fully saturated rings. The summed E-state index contributed by atoms with van der Waals surface area (Å²) in [4.78, 5) is 11.4. The Labute approximate surface area is 120 Å². The lowest BCUT2D eigenvalue weighted by Crippen LogP contribution is -2.34. The van der Waals surface area contributed by atoms with Crippen LogP contribution in [-0.4, -0.2) is 41.1 Å². The molecule has 114 valence electrons. The van der Waals surface area contributed by atoms with Crippen molar-refractivity contribution in [3.63, 3.8) is 0 Å². The second-order valence-electron chi connectivity index (χ2n) is 5.73. The lowest BCUT2D eigenvalue weighted by Gasteiger charge is -2.19. The van der Waals surface area contributed by atoms with Gasteiger partial charge in [-0.1, -0.05) is 0 Å². The zero-order valence-corrected chi connectivity index (χ0v) is 12.9. The van der Waals surface area contributed by atoms with Crippen molar-refractivity contribution in [1.82, 2.24) is 20.4 Å². The number of carbonyl (C=O) groups is 1. The number of alkyl carbamates (subject to hydrolysis) is 1. The van der Waals surface area contributed by atoms with Crippen LogP contribution in [0.1, 0.15) is 32.9 Å². The molecule has 1 aromatic heterocycles. The van der Waals surface area contributed by atoms with Gasteiger partial charge in [-0.05, 0) is 39.8 Å². The number of aromatic nitrogens is 2. The Kier molecular flexibility index (Phi) is 6.51. The number of nitrogens with one attached hydrogen (secondary N) is 2. The van der Waals surface area contributed by atoms with Gasteiger partial charge < -0.3 is 15.4 Å². The molecule has 2 N–H and O–H groups in total. The van der Waals surface area contributed by atoms with E-state index in [1.807, 2.05) is 38.6 Å². The second kappa shape index (κ2) is 7.89. The maximum atomic E-state index is 11.4. The summed E-state index contributed by atoms with van der Waals surface area (Å²) in [6.45, 7) is 7.96. The standard InChI is InChI=1S/C14H26N4O2/c1-14(2,3)20-13(19)16-9-5-8-15-10-6-12-7-11-17-18(12)4/h7,11,15H,5-6,8-10H2,1-4H3,(H,16,19). The Morgan fingerprint density at radius 3 is 2.70 bits per heavy atom. The van der Waals surface area contributed by atoms with Gasteiger partial charge >= 0.3 is 6.09 Å². The van der Waals surface area contributed by atoms with E-state index in [2.05, 4.69) is 15.7 Å². The quantitative estimate of drug-likeness (QED) is 0.743. The van der Waals surface area contributed by atoms with E-state index in [0.29, 0.717) is 6.54 Å². The van der Waals surface area contributed by atoms with Crippen molar-refractivity contribution in [1.29, 1.82) is 0 Å². The monoisotopic (exact) mass is 282 g/mol. The van der Waals surface area contributed by atoms with Crippen LogP contribution in [0.3, 0.4) is 0 Å². The Bertz CT molecular complexity index is 410. The molecule has 0 aliphatic carbocycles. The van der Waals surface area contributed by atoms with Gasteiger partial charge in [0.1, 0.15) is 5.60 Å². The summed E-state index contributed by atoms with van der Waals surface area (Å²) in [7, 11) is 1.94. The fourth-order valence-corrected chi connectivity index (χ4v) is 1.71. The summed E-state index contributed by atoms with van der Waals surface area (Å²) in [5.74, 6) is 0. The summed E-state index contributed by atoms with van der Waals surface area (Å²) < 4.78 is 7.03. The minimum Gasteiger partial charge on any atom is -0.444 e. The number of aryl methyl sites for hydroxylation is 1. The molecule has 1 heterocycles. The number of rotatable bonds is 7. The Hall–Kier alpha value is -1.56. The van der Waals surface area contributed by atoms with E-state index in [4.69, 9.17) is 4.74 Å². The molecule has 1 amide bonds. The first kappa shape index (κ1) is 16.5. The summed E-state index contributed by atoms with van der Waals surface area (Å²) in [5, 5.41) is 10.2. The number of ether oxygens (including phenoxy) is 1. The first-order valence-electron chi connectivity index (χ1n) is 7.03. The van der Waals surface area contributed by atoms with Gasteiger partial charge in [-0.15, -0.1) is 0 Å². The zero-order valence-electron chi connectivity index (χ0n) is 12.9. The molecule has 20 heavy (non-hydrogen) atoms. The first-order chi connectivity index (χ1) is 9.38. The third-order valence-corrected chi connectivity index (χ3v) is 2.68. The van der Waals surface area contributed by atoms with Gasteiger partial charge in [0.2, 0.25) is 0 Å². The number of hydrogen-bond acceptors (Lipinski definition) is 4. The van der Waals surface area contributed by atoms with Crippen molar-refractivity contribution in [2.45, 2.75) is 39.2 Å². The van der Waals surface area contributed by atoms with E-state index in [0.717, 1.165) is 25.9 Å². The van der Waals surface area contributed by atoms with Gasteiger partial charge in [-0.2, -0.15) is 5.10 Å². The third kappa shape index (κ3) is 7.13. The second-order valence-corrected chi connectivity index (χ2v) is 5.73. The smallest absolute Gasteiger partial charge is 0.407 e. The average Bonchev–Trinajstić information content (AvgIpc) is 2.71. The molecule has 0 saturated heterocycles. The van der Waals surface area contributed by atoms with Gasteiger partial charge in [0, 0.05) is 38.4 Å². The molecule has 0 aliphatic heterocycles. The highest BCUT2D eigenvalue weighted by molar-refractivity contribution is 5.67. The molecule has 0 aliphatic rings. The van der Waals surface area contributed by atoms with Crippen LogP contribution in [0.2, 0.25) is 0 Å². The first-order valence-corrected chi connectivity index (χ1v) is 7.03. The van der Waals surface area contributed by atoms with Crippen LogP contribution in [0.15, 0.2) is 12.3 Å². The van der Waals surface area contributed by atoms with Crippen molar-refractivity contribution in [2.75, 3.05) is 19.6 Å². The largest absolute Gasteiger partial charge is 0.444 e. The molecule has 0 spiro atoms. The van der Waals surface area contributed by atoms with Crippen molar-refractivity contribution in [3.8, 4) is 0 Å². The summed E-state index contributed by atoms with van der Waals surface area (Å²) in [6, 6.07) is 2.02. The van der Waals surface area contributed by atoms with E-state index in [1.165, 1.54) is 5.69 Å². The molecular formula is C14H26N4O2. The SMILES string of the molecule is Cn1nccc1CCNCCCNC(=O)OC(C)(C)C. The summed E-state index contributed by atoms with van der Waals surface area (Å²) >= 11 is 0.